The van der Waals surface area contributed by atoms with Gasteiger partial charge in [0.2, 0.25) is 0 Å². The fourth-order valence-electron chi connectivity index (χ4n) is 9.55. The van der Waals surface area contributed by atoms with Crippen LogP contribution in [0.2, 0.25) is 0 Å². The molecule has 0 fully saturated rings. The highest BCUT2D eigenvalue weighted by molar-refractivity contribution is 7.22. The van der Waals surface area contributed by atoms with E-state index in [-0.39, 0.29) is 5.41 Å². The van der Waals surface area contributed by atoms with Crippen LogP contribution in [0.25, 0.3) is 61.4 Å². The minimum absolute atomic E-state index is 0.146. The first kappa shape index (κ1) is 30.3. The molecule has 0 saturated heterocycles. The topological polar surface area (TPSA) is 30.7 Å². The molecule has 2 aliphatic rings. The quantitative estimate of drug-likeness (QED) is 0.173. The summed E-state index contributed by atoms with van der Waals surface area (Å²) in [7, 11) is -2.97. The van der Waals surface area contributed by atoms with Gasteiger partial charge in [-0.15, -0.1) is 0 Å². The van der Waals surface area contributed by atoms with Crippen LogP contribution in [-0.2, 0) is 5.41 Å². The van der Waals surface area contributed by atoms with Gasteiger partial charge in [-0.2, -0.15) is 0 Å². The van der Waals surface area contributed by atoms with E-state index in [0.29, 0.717) is 0 Å². The molecule has 0 N–H and O–H groups in total. The van der Waals surface area contributed by atoms with E-state index in [9.17, 15) is 0 Å². The van der Waals surface area contributed by atoms with Crippen LogP contribution in [0, 0.1) is 0 Å². The fourth-order valence-corrected chi connectivity index (χ4v) is 14.7. The van der Waals surface area contributed by atoms with Crippen molar-refractivity contribution in [3.63, 3.8) is 0 Å². The summed E-state index contributed by atoms with van der Waals surface area (Å²) in [5, 5.41) is 7.71. The minimum Gasteiger partial charge on any atom is -0.294 e. The van der Waals surface area contributed by atoms with Gasteiger partial charge in [-0.05, 0) is 56.0 Å². The Balaban J connectivity index is 1.35. The Morgan fingerprint density at radius 1 is 0.491 bits per heavy atom. The summed E-state index contributed by atoms with van der Waals surface area (Å²) >= 11 is 0. The zero-order valence-corrected chi connectivity index (χ0v) is 30.6. The molecule has 0 spiro atoms. The smallest absolute Gasteiger partial charge is 0.187 e. The lowest BCUT2D eigenvalue weighted by molar-refractivity contribution is 0.661. The van der Waals surface area contributed by atoms with Crippen molar-refractivity contribution in [2.24, 2.45) is 0 Å². The first-order chi connectivity index (χ1) is 26.1. The monoisotopic (exact) mass is 693 g/mol. The number of fused-ring (bicyclic) bond motifs is 9. The Hall–Kier alpha value is -6.36. The minimum atomic E-state index is -2.97. The van der Waals surface area contributed by atoms with Crippen molar-refractivity contribution in [1.29, 1.82) is 0 Å². The predicted molar refractivity (Wildman–Crippen MR) is 222 cm³/mol. The molecule has 0 amide bonds. The van der Waals surface area contributed by atoms with E-state index >= 15 is 0 Å². The molecule has 3 heterocycles. The van der Waals surface area contributed by atoms with Crippen LogP contribution in [0.1, 0.15) is 25.0 Å². The highest BCUT2D eigenvalue weighted by Crippen LogP contribution is 2.51. The Morgan fingerprint density at radius 2 is 1.09 bits per heavy atom. The molecule has 1 aliphatic heterocycles. The van der Waals surface area contributed by atoms with Crippen molar-refractivity contribution in [2.75, 3.05) is 0 Å². The molecule has 11 rings (SSSR count). The molecule has 0 atom stereocenters. The SMILES string of the molecule is CC1(C)c2ccccc2-c2cc3c4ccccc4n(-c4nc(-c5ccccc5)nc5c4[Si](c4ccccc4)(c4ccccc4)c4ccccc4-5)c3cc21. The molecule has 3 nitrogen and oxygen atoms in total. The third-order valence-corrected chi connectivity index (χ3v) is 16.7. The van der Waals surface area contributed by atoms with E-state index in [1.165, 1.54) is 64.9 Å². The summed E-state index contributed by atoms with van der Waals surface area (Å²) in [6, 6.07) is 64.5. The predicted octanol–water partition coefficient (Wildman–Crippen LogP) is 8.90. The lowest BCUT2D eigenvalue weighted by atomic mass is 9.82. The summed E-state index contributed by atoms with van der Waals surface area (Å²) in [6.45, 7) is 4.73. The molecule has 53 heavy (non-hydrogen) atoms. The molecular weight excluding hydrogens is 659 g/mol. The maximum absolute atomic E-state index is 5.74. The molecule has 0 saturated carbocycles. The second kappa shape index (κ2) is 11.1. The van der Waals surface area contributed by atoms with Gasteiger partial charge in [0.15, 0.2) is 13.9 Å². The van der Waals surface area contributed by atoms with Crippen molar-refractivity contribution in [1.82, 2.24) is 14.5 Å². The largest absolute Gasteiger partial charge is 0.294 e. The zero-order valence-electron chi connectivity index (χ0n) is 29.6. The van der Waals surface area contributed by atoms with Gasteiger partial charge in [-0.3, -0.25) is 4.57 Å². The average Bonchev–Trinajstić information content (AvgIpc) is 3.79. The molecular formula is C49H35N3Si. The van der Waals surface area contributed by atoms with Crippen LogP contribution < -0.4 is 20.7 Å². The number of aromatic nitrogens is 3. The highest BCUT2D eigenvalue weighted by atomic mass is 28.3. The van der Waals surface area contributed by atoms with Crippen LogP contribution in [0.4, 0.5) is 0 Å². The van der Waals surface area contributed by atoms with Crippen LogP contribution in [-0.4, -0.2) is 22.6 Å². The number of nitrogens with zero attached hydrogens (tertiary/aromatic N) is 3. The molecule has 1 aliphatic carbocycles. The van der Waals surface area contributed by atoms with Gasteiger partial charge in [0, 0.05) is 32.5 Å². The molecule has 4 heteroatoms. The number of benzene rings is 7. The van der Waals surface area contributed by atoms with Crippen molar-refractivity contribution in [3.05, 3.63) is 187 Å². The fraction of sp³-hybridized carbons (Fsp3) is 0.0612. The maximum Gasteiger partial charge on any atom is 0.187 e. The van der Waals surface area contributed by atoms with Crippen molar-refractivity contribution < 1.29 is 0 Å². The Labute approximate surface area is 309 Å². The lowest BCUT2D eigenvalue weighted by Crippen LogP contribution is -2.73. The van der Waals surface area contributed by atoms with Crippen LogP contribution in [0.15, 0.2) is 176 Å². The van der Waals surface area contributed by atoms with Gasteiger partial charge in [-0.1, -0.05) is 172 Å². The second-order valence-electron chi connectivity index (χ2n) is 14.9. The molecule has 250 valence electrons. The summed E-state index contributed by atoms with van der Waals surface area (Å²) in [4.78, 5) is 11.3. The number of rotatable bonds is 4. The molecule has 0 unspecified atom stereocenters. The second-order valence-corrected chi connectivity index (χ2v) is 18.6. The Morgan fingerprint density at radius 3 is 1.83 bits per heavy atom. The van der Waals surface area contributed by atoms with Crippen LogP contribution >= 0.6 is 0 Å². The van der Waals surface area contributed by atoms with Crippen molar-refractivity contribution in [2.45, 2.75) is 19.3 Å². The van der Waals surface area contributed by atoms with Gasteiger partial charge >= 0.3 is 0 Å². The van der Waals surface area contributed by atoms with Crippen LogP contribution in [0.3, 0.4) is 0 Å². The number of para-hydroxylation sites is 1. The standard InChI is InChI=1S/C49H35N3Si/c1-49(2)40-27-15-12-24-35(40)38-30-39-36-25-13-16-28-42(36)52(43(39)31-41(38)49)48-46-45(50-47(51-48)32-18-6-3-7-19-32)37-26-14-17-29-44(37)53(46,33-20-8-4-9-21-33)34-22-10-5-11-23-34/h3-31H,1-2H3. The molecule has 0 radical (unpaired) electrons. The first-order valence-electron chi connectivity index (χ1n) is 18.4. The molecule has 0 bridgehead atoms. The molecule has 2 aromatic heterocycles. The van der Waals surface area contributed by atoms with Crippen molar-refractivity contribution in [3.8, 4) is 39.6 Å². The van der Waals surface area contributed by atoms with Gasteiger partial charge in [0.05, 0.1) is 16.7 Å². The van der Waals surface area contributed by atoms with E-state index in [2.05, 4.69) is 194 Å². The Kier molecular flexibility index (Phi) is 6.32. The zero-order chi connectivity index (χ0) is 35.3. The normalized spacial score (nSPS) is 14.5. The van der Waals surface area contributed by atoms with Crippen molar-refractivity contribution >= 4 is 50.6 Å². The van der Waals surface area contributed by atoms with E-state index < -0.39 is 8.07 Å². The van der Waals surface area contributed by atoms with Gasteiger partial charge in [0.1, 0.15) is 5.82 Å². The highest BCUT2D eigenvalue weighted by Gasteiger charge is 2.52. The maximum atomic E-state index is 5.74. The van der Waals surface area contributed by atoms with Gasteiger partial charge < -0.3 is 0 Å². The summed E-state index contributed by atoms with van der Waals surface area (Å²) in [6.07, 6.45) is 0. The summed E-state index contributed by atoms with van der Waals surface area (Å²) in [5.74, 6) is 1.70. The number of hydrogen-bond donors (Lipinski definition) is 0. The van der Waals surface area contributed by atoms with E-state index in [4.69, 9.17) is 9.97 Å². The van der Waals surface area contributed by atoms with E-state index in [1.54, 1.807) is 0 Å². The lowest BCUT2D eigenvalue weighted by Gasteiger charge is -2.32. The van der Waals surface area contributed by atoms with Gasteiger partial charge in [0.25, 0.3) is 0 Å². The first-order valence-corrected chi connectivity index (χ1v) is 20.4. The molecule has 9 aromatic rings. The van der Waals surface area contributed by atoms with E-state index in [1.807, 2.05) is 0 Å². The van der Waals surface area contributed by atoms with E-state index in [0.717, 1.165) is 28.4 Å². The van der Waals surface area contributed by atoms with Gasteiger partial charge in [-0.25, -0.2) is 9.97 Å². The third-order valence-electron chi connectivity index (χ3n) is 11.9. The molecule has 7 aromatic carbocycles. The average molecular weight is 694 g/mol. The van der Waals surface area contributed by atoms with Crippen LogP contribution in [0.5, 0.6) is 0 Å². The number of hydrogen-bond acceptors (Lipinski definition) is 2. The summed E-state index contributed by atoms with van der Waals surface area (Å²) < 4.78 is 2.48. The summed E-state index contributed by atoms with van der Waals surface area (Å²) in [5.41, 5.74) is 10.8. The Bertz CT molecular complexity index is 2870. The third kappa shape index (κ3) is 4.04.